The number of hydrogen-bond donors (Lipinski definition) is 2. The molecule has 0 radical (unpaired) electrons. The molecule has 0 bridgehead atoms. The Labute approximate surface area is 108 Å². The minimum absolute atomic E-state index is 0.0987. The third-order valence-electron chi connectivity index (χ3n) is 3.21. The standard InChI is InChI=1S/C16H18O2/c1-3-11-6-5-7-12(8-11)15-9-13(17)10-16(18)14(15)4-2/h5-10,17-18H,3-4H2,1-2H3. The Morgan fingerprint density at radius 1 is 0.944 bits per heavy atom. The molecule has 0 aromatic heterocycles. The molecule has 0 aliphatic carbocycles. The molecular weight excluding hydrogens is 224 g/mol. The molecule has 0 spiro atoms. The average Bonchev–Trinajstić information content (AvgIpc) is 2.38. The van der Waals surface area contributed by atoms with Gasteiger partial charge in [-0.1, -0.05) is 38.1 Å². The van der Waals surface area contributed by atoms with Crippen LogP contribution in [0.3, 0.4) is 0 Å². The number of hydrogen-bond acceptors (Lipinski definition) is 2. The van der Waals surface area contributed by atoms with Gasteiger partial charge in [-0.2, -0.15) is 0 Å². The predicted molar refractivity (Wildman–Crippen MR) is 74.0 cm³/mol. The van der Waals surface area contributed by atoms with E-state index in [9.17, 15) is 10.2 Å². The lowest BCUT2D eigenvalue weighted by molar-refractivity contribution is 0.447. The zero-order chi connectivity index (χ0) is 13.1. The first kappa shape index (κ1) is 12.5. The highest BCUT2D eigenvalue weighted by Gasteiger charge is 2.10. The highest BCUT2D eigenvalue weighted by molar-refractivity contribution is 5.72. The molecule has 0 heterocycles. The number of phenols is 2. The van der Waals surface area contributed by atoms with Gasteiger partial charge in [-0.15, -0.1) is 0 Å². The smallest absolute Gasteiger partial charge is 0.123 e. The number of rotatable bonds is 3. The summed E-state index contributed by atoms with van der Waals surface area (Å²) in [5.41, 5.74) is 4.07. The van der Waals surface area contributed by atoms with Crippen LogP contribution in [-0.2, 0) is 12.8 Å². The van der Waals surface area contributed by atoms with E-state index in [0.717, 1.165) is 29.5 Å². The molecular formula is C16H18O2. The van der Waals surface area contributed by atoms with Crippen LogP contribution in [0.15, 0.2) is 36.4 Å². The van der Waals surface area contributed by atoms with Crippen LogP contribution in [-0.4, -0.2) is 10.2 Å². The van der Waals surface area contributed by atoms with Crippen molar-refractivity contribution in [2.24, 2.45) is 0 Å². The summed E-state index contributed by atoms with van der Waals surface area (Å²) in [5, 5.41) is 19.5. The van der Waals surface area contributed by atoms with E-state index in [1.807, 2.05) is 19.1 Å². The molecule has 2 rings (SSSR count). The molecule has 0 unspecified atom stereocenters. The first-order valence-electron chi connectivity index (χ1n) is 6.29. The van der Waals surface area contributed by atoms with Crippen LogP contribution in [0, 0.1) is 0 Å². The van der Waals surface area contributed by atoms with E-state index in [4.69, 9.17) is 0 Å². The summed E-state index contributed by atoms with van der Waals surface area (Å²) in [7, 11) is 0. The first-order valence-corrected chi connectivity index (χ1v) is 6.29. The SMILES string of the molecule is CCc1cccc(-c2cc(O)cc(O)c2CC)c1. The van der Waals surface area contributed by atoms with Crippen molar-refractivity contribution in [1.29, 1.82) is 0 Å². The average molecular weight is 242 g/mol. The number of phenolic OH excluding ortho intramolecular Hbond substituents is 2. The van der Waals surface area contributed by atoms with Crippen LogP contribution >= 0.6 is 0 Å². The Morgan fingerprint density at radius 3 is 2.39 bits per heavy atom. The van der Waals surface area contributed by atoms with Crippen molar-refractivity contribution in [3.05, 3.63) is 47.5 Å². The fourth-order valence-corrected chi connectivity index (χ4v) is 2.23. The van der Waals surface area contributed by atoms with Crippen molar-refractivity contribution in [3.8, 4) is 22.6 Å². The zero-order valence-electron chi connectivity index (χ0n) is 10.8. The predicted octanol–water partition coefficient (Wildman–Crippen LogP) is 3.89. The van der Waals surface area contributed by atoms with E-state index in [2.05, 4.69) is 19.1 Å². The maximum Gasteiger partial charge on any atom is 0.123 e. The number of aryl methyl sites for hydroxylation is 1. The Hall–Kier alpha value is -1.96. The monoisotopic (exact) mass is 242 g/mol. The molecule has 2 aromatic rings. The van der Waals surface area contributed by atoms with Gasteiger partial charge in [0.25, 0.3) is 0 Å². The fourth-order valence-electron chi connectivity index (χ4n) is 2.23. The van der Waals surface area contributed by atoms with E-state index in [1.165, 1.54) is 11.6 Å². The minimum atomic E-state index is 0.0987. The molecule has 0 atom stereocenters. The fraction of sp³-hybridized carbons (Fsp3) is 0.250. The van der Waals surface area contributed by atoms with Crippen molar-refractivity contribution in [3.63, 3.8) is 0 Å². The molecule has 0 aliphatic heterocycles. The number of aromatic hydroxyl groups is 2. The largest absolute Gasteiger partial charge is 0.508 e. The topological polar surface area (TPSA) is 40.5 Å². The van der Waals surface area contributed by atoms with Gasteiger partial charge < -0.3 is 10.2 Å². The third-order valence-corrected chi connectivity index (χ3v) is 3.21. The van der Waals surface area contributed by atoms with E-state index in [-0.39, 0.29) is 11.5 Å². The quantitative estimate of drug-likeness (QED) is 0.857. The summed E-state index contributed by atoms with van der Waals surface area (Å²) in [4.78, 5) is 0. The molecule has 2 heteroatoms. The van der Waals surface area contributed by atoms with Crippen LogP contribution < -0.4 is 0 Å². The van der Waals surface area contributed by atoms with E-state index < -0.39 is 0 Å². The van der Waals surface area contributed by atoms with E-state index >= 15 is 0 Å². The van der Waals surface area contributed by atoms with Gasteiger partial charge in [0.15, 0.2) is 0 Å². The second kappa shape index (κ2) is 5.13. The molecule has 2 nitrogen and oxygen atoms in total. The van der Waals surface area contributed by atoms with Crippen molar-refractivity contribution < 1.29 is 10.2 Å². The molecule has 0 amide bonds. The molecule has 0 fully saturated rings. The summed E-state index contributed by atoms with van der Waals surface area (Å²) in [6.45, 7) is 4.11. The van der Waals surface area contributed by atoms with Gasteiger partial charge in [0, 0.05) is 11.6 Å². The van der Waals surface area contributed by atoms with E-state index in [0.29, 0.717) is 0 Å². The molecule has 2 N–H and O–H groups in total. The third kappa shape index (κ3) is 2.33. The van der Waals surface area contributed by atoms with Crippen LogP contribution in [0.25, 0.3) is 11.1 Å². The molecule has 2 aromatic carbocycles. The maximum absolute atomic E-state index is 9.90. The van der Waals surface area contributed by atoms with Crippen molar-refractivity contribution in [1.82, 2.24) is 0 Å². The van der Waals surface area contributed by atoms with Gasteiger partial charge >= 0.3 is 0 Å². The molecule has 0 saturated heterocycles. The molecule has 18 heavy (non-hydrogen) atoms. The first-order chi connectivity index (χ1) is 8.65. The van der Waals surface area contributed by atoms with Crippen molar-refractivity contribution in [2.45, 2.75) is 26.7 Å². The Morgan fingerprint density at radius 2 is 1.72 bits per heavy atom. The molecule has 0 saturated carbocycles. The van der Waals surface area contributed by atoms with Gasteiger partial charge in [-0.25, -0.2) is 0 Å². The van der Waals surface area contributed by atoms with Crippen molar-refractivity contribution in [2.75, 3.05) is 0 Å². The summed E-state index contributed by atoms with van der Waals surface area (Å²) < 4.78 is 0. The summed E-state index contributed by atoms with van der Waals surface area (Å²) >= 11 is 0. The van der Waals surface area contributed by atoms with E-state index in [1.54, 1.807) is 6.07 Å². The highest BCUT2D eigenvalue weighted by atomic mass is 16.3. The molecule has 0 aliphatic rings. The number of benzene rings is 2. The summed E-state index contributed by atoms with van der Waals surface area (Å²) in [6, 6.07) is 11.3. The normalized spacial score (nSPS) is 10.6. The van der Waals surface area contributed by atoms with Gasteiger partial charge in [0.05, 0.1) is 0 Å². The lowest BCUT2D eigenvalue weighted by Crippen LogP contribution is -1.90. The van der Waals surface area contributed by atoms with Gasteiger partial charge in [-0.05, 0) is 35.6 Å². The van der Waals surface area contributed by atoms with Gasteiger partial charge in [-0.3, -0.25) is 0 Å². The highest BCUT2D eigenvalue weighted by Crippen LogP contribution is 2.34. The summed E-state index contributed by atoms with van der Waals surface area (Å²) in [6.07, 6.45) is 1.71. The van der Waals surface area contributed by atoms with Gasteiger partial charge in [0.2, 0.25) is 0 Å². The second-order valence-electron chi connectivity index (χ2n) is 4.40. The Bertz CT molecular complexity index is 559. The second-order valence-corrected chi connectivity index (χ2v) is 4.40. The Balaban J connectivity index is 2.61. The minimum Gasteiger partial charge on any atom is -0.508 e. The van der Waals surface area contributed by atoms with Crippen molar-refractivity contribution >= 4 is 0 Å². The lowest BCUT2D eigenvalue weighted by Gasteiger charge is -2.12. The van der Waals surface area contributed by atoms with Crippen LogP contribution in [0.5, 0.6) is 11.5 Å². The van der Waals surface area contributed by atoms with Gasteiger partial charge in [0.1, 0.15) is 11.5 Å². The maximum atomic E-state index is 9.90. The van der Waals surface area contributed by atoms with Crippen LogP contribution in [0.2, 0.25) is 0 Å². The van der Waals surface area contributed by atoms with Crippen LogP contribution in [0.1, 0.15) is 25.0 Å². The molecule has 94 valence electrons. The van der Waals surface area contributed by atoms with Crippen LogP contribution in [0.4, 0.5) is 0 Å². The summed E-state index contributed by atoms with van der Waals surface area (Å²) in [5.74, 6) is 0.260. The zero-order valence-corrected chi connectivity index (χ0v) is 10.8. The lowest BCUT2D eigenvalue weighted by atomic mass is 9.95. The Kier molecular flexibility index (Phi) is 3.56.